The number of fused-ring (bicyclic) bond motifs is 6. The predicted octanol–water partition coefficient (Wildman–Crippen LogP) is 14.2. The highest BCUT2D eigenvalue weighted by atomic mass is 32.2. The molecule has 0 spiro atoms. The van der Waals surface area contributed by atoms with Crippen LogP contribution in [-0.2, 0) is 5.75 Å². The Kier molecular flexibility index (Phi) is 7.93. The third-order valence-corrected chi connectivity index (χ3v) is 11.3. The van der Waals surface area contributed by atoms with E-state index < -0.39 is 0 Å². The van der Waals surface area contributed by atoms with E-state index in [1.807, 2.05) is 42.5 Å². The predicted molar refractivity (Wildman–Crippen MR) is 227 cm³/mol. The lowest BCUT2D eigenvalue weighted by Gasteiger charge is -2.28. The minimum Gasteiger partial charge on any atom is -0.455 e. The summed E-state index contributed by atoms with van der Waals surface area (Å²) in [5, 5.41) is 4.25. The first-order valence-electron chi connectivity index (χ1n) is 18.1. The largest absolute Gasteiger partial charge is 0.455 e. The maximum Gasteiger partial charge on any atom is 0.160 e. The smallest absolute Gasteiger partial charge is 0.160 e. The van der Waals surface area contributed by atoms with Crippen LogP contribution in [0.15, 0.2) is 196 Å². The lowest BCUT2D eigenvalue weighted by Crippen LogP contribution is -2.12. The Morgan fingerprint density at radius 1 is 0.463 bits per heavy atom. The van der Waals surface area contributed by atoms with Crippen molar-refractivity contribution in [2.45, 2.75) is 10.6 Å². The van der Waals surface area contributed by atoms with Gasteiger partial charge in [0.1, 0.15) is 22.4 Å². The molecule has 0 amide bonds. The number of rotatable bonds is 8. The second-order valence-corrected chi connectivity index (χ2v) is 14.5. The molecule has 5 heteroatoms. The van der Waals surface area contributed by atoms with Gasteiger partial charge in [-0.25, -0.2) is 0 Å². The fourth-order valence-electron chi connectivity index (χ4n) is 7.54. The van der Waals surface area contributed by atoms with E-state index in [2.05, 4.69) is 144 Å². The highest BCUT2D eigenvalue weighted by Crippen LogP contribution is 2.50. The van der Waals surface area contributed by atoms with Crippen LogP contribution in [-0.4, -0.2) is 0 Å². The number of anilines is 4. The van der Waals surface area contributed by atoms with E-state index >= 15 is 0 Å². The van der Waals surface area contributed by atoms with Gasteiger partial charge in [0, 0.05) is 49.9 Å². The summed E-state index contributed by atoms with van der Waals surface area (Å²) in [5.74, 6) is 0.755. The van der Waals surface area contributed by atoms with Crippen molar-refractivity contribution in [2.24, 2.45) is 0 Å². The number of hydrogen-bond acceptors (Lipinski definition) is 5. The normalized spacial score (nSPS) is 11.6. The van der Waals surface area contributed by atoms with Crippen molar-refractivity contribution >= 4 is 78.4 Å². The van der Waals surface area contributed by atoms with Gasteiger partial charge in [0.05, 0.1) is 4.90 Å². The number of nitrogens with zero attached hydrogens (tertiary/aromatic N) is 1. The fourth-order valence-corrected chi connectivity index (χ4v) is 8.59. The van der Waals surface area contributed by atoms with Crippen LogP contribution >= 0.6 is 11.8 Å². The minimum atomic E-state index is 0.712. The van der Waals surface area contributed by atoms with E-state index in [1.54, 1.807) is 11.8 Å². The van der Waals surface area contributed by atoms with Gasteiger partial charge >= 0.3 is 0 Å². The van der Waals surface area contributed by atoms with E-state index in [1.165, 1.54) is 11.1 Å². The first kappa shape index (κ1) is 32.0. The third-order valence-electron chi connectivity index (χ3n) is 10.1. The van der Waals surface area contributed by atoms with Crippen molar-refractivity contribution in [1.29, 1.82) is 0 Å². The number of para-hydroxylation sites is 3. The van der Waals surface area contributed by atoms with Gasteiger partial charge in [0.15, 0.2) is 5.58 Å². The van der Waals surface area contributed by atoms with Crippen molar-refractivity contribution in [3.8, 4) is 22.3 Å². The summed E-state index contributed by atoms with van der Waals surface area (Å²) in [6.07, 6.45) is 0. The van der Waals surface area contributed by atoms with Crippen molar-refractivity contribution in [1.82, 2.24) is 0 Å². The van der Waals surface area contributed by atoms with Gasteiger partial charge in [-0.2, -0.15) is 0 Å². The lowest BCUT2D eigenvalue weighted by atomic mass is 10.0. The Bertz CT molecular complexity index is 2930. The Labute approximate surface area is 317 Å². The molecule has 10 rings (SSSR count). The average Bonchev–Trinajstić information content (AvgIpc) is 3.80. The molecule has 2 aromatic heterocycles. The second-order valence-electron chi connectivity index (χ2n) is 13.5. The van der Waals surface area contributed by atoms with E-state index in [4.69, 9.17) is 14.6 Å². The molecule has 8 aromatic carbocycles. The molecule has 0 saturated heterocycles. The van der Waals surface area contributed by atoms with E-state index in [0.29, 0.717) is 5.69 Å². The van der Waals surface area contributed by atoms with Crippen LogP contribution in [0.1, 0.15) is 5.56 Å². The zero-order chi connectivity index (χ0) is 36.0. The van der Waals surface area contributed by atoms with Crippen molar-refractivity contribution in [3.05, 3.63) is 188 Å². The molecule has 4 nitrogen and oxygen atoms in total. The molecule has 0 atom stereocenters. The second kappa shape index (κ2) is 13.4. The zero-order valence-corrected chi connectivity index (χ0v) is 30.1. The molecule has 2 N–H and O–H groups in total. The molecule has 0 aliphatic carbocycles. The van der Waals surface area contributed by atoms with Crippen LogP contribution in [0.2, 0.25) is 0 Å². The first-order chi connectivity index (χ1) is 26.7. The summed E-state index contributed by atoms with van der Waals surface area (Å²) in [7, 11) is 0. The molecule has 0 bridgehead atoms. The lowest BCUT2D eigenvalue weighted by molar-refractivity contribution is 0.668. The monoisotopic (exact) mass is 714 g/mol. The number of thioether (sulfide) groups is 1. The van der Waals surface area contributed by atoms with Crippen molar-refractivity contribution < 1.29 is 8.83 Å². The van der Waals surface area contributed by atoms with E-state index in [0.717, 1.165) is 88.3 Å². The third kappa shape index (κ3) is 5.58. The van der Waals surface area contributed by atoms with Crippen LogP contribution < -0.4 is 10.6 Å². The molecule has 2 heterocycles. The Balaban J connectivity index is 1.17. The quantitative estimate of drug-likeness (QED) is 0.125. The van der Waals surface area contributed by atoms with Gasteiger partial charge < -0.3 is 19.5 Å². The summed E-state index contributed by atoms with van der Waals surface area (Å²) >= 11 is 1.73. The van der Waals surface area contributed by atoms with Crippen LogP contribution in [0, 0.1) is 0 Å². The maximum atomic E-state index is 7.08. The van der Waals surface area contributed by atoms with E-state index in [-0.39, 0.29) is 0 Å². The molecule has 0 aliphatic heterocycles. The zero-order valence-electron chi connectivity index (χ0n) is 29.3. The van der Waals surface area contributed by atoms with Gasteiger partial charge in [-0.3, -0.25) is 0 Å². The molecule has 0 unspecified atom stereocenters. The van der Waals surface area contributed by atoms with Gasteiger partial charge in [-0.15, -0.1) is 11.8 Å². The molecule has 0 aliphatic rings. The van der Waals surface area contributed by atoms with Crippen LogP contribution in [0.3, 0.4) is 0 Å². The van der Waals surface area contributed by atoms with Gasteiger partial charge in [-0.05, 0) is 64.7 Å². The van der Waals surface area contributed by atoms with Gasteiger partial charge in [-0.1, -0.05) is 140 Å². The van der Waals surface area contributed by atoms with E-state index in [9.17, 15) is 0 Å². The van der Waals surface area contributed by atoms with Crippen LogP contribution in [0.4, 0.5) is 22.7 Å². The standard InChI is InChI=1S/C49H34N2O2S/c50-43-30-42-40-17-8-10-21-45(40)53-48(42)46(49(43)54-31-32-12-3-1-4-13-32)51(36-26-22-34(23-27-36)33-14-5-2-6-15-33)37-28-24-35(25-29-37)38-18-11-19-41-39-16-7-9-20-44(39)52-47(38)41/h1-30H,31,50H2. The van der Waals surface area contributed by atoms with Crippen LogP contribution in [0.5, 0.6) is 0 Å². The number of nitrogens with two attached hydrogens (primary N) is 1. The summed E-state index contributed by atoms with van der Waals surface area (Å²) in [6, 6.07) is 63.3. The van der Waals surface area contributed by atoms with Gasteiger partial charge in [0.2, 0.25) is 0 Å². The Hall–Kier alpha value is -6.69. The average molecular weight is 715 g/mol. The number of nitrogen functional groups attached to an aromatic ring is 1. The maximum absolute atomic E-state index is 7.08. The Morgan fingerprint density at radius 3 is 1.69 bits per heavy atom. The summed E-state index contributed by atoms with van der Waals surface area (Å²) in [5.41, 5.74) is 19.8. The summed E-state index contributed by atoms with van der Waals surface area (Å²) in [4.78, 5) is 3.27. The first-order valence-corrected chi connectivity index (χ1v) is 19.0. The molecule has 0 radical (unpaired) electrons. The molecule has 54 heavy (non-hydrogen) atoms. The van der Waals surface area contributed by atoms with Crippen molar-refractivity contribution in [2.75, 3.05) is 10.6 Å². The van der Waals surface area contributed by atoms with Crippen LogP contribution in [0.25, 0.3) is 66.1 Å². The summed E-state index contributed by atoms with van der Waals surface area (Å²) in [6.45, 7) is 0. The number of furan rings is 2. The molecular weight excluding hydrogens is 681 g/mol. The molecule has 258 valence electrons. The highest BCUT2D eigenvalue weighted by molar-refractivity contribution is 7.98. The Morgan fingerprint density at radius 2 is 1.00 bits per heavy atom. The fraction of sp³-hybridized carbons (Fsp3) is 0.0204. The number of benzene rings is 8. The molecule has 0 saturated carbocycles. The topological polar surface area (TPSA) is 55.5 Å². The highest BCUT2D eigenvalue weighted by Gasteiger charge is 2.26. The SMILES string of the molecule is Nc1cc2c(oc3ccccc32)c(N(c2ccc(-c3ccccc3)cc2)c2ccc(-c3cccc4c3oc3ccccc34)cc2)c1SCc1ccccc1. The minimum absolute atomic E-state index is 0.712. The molecule has 0 fully saturated rings. The van der Waals surface area contributed by atoms with Crippen molar-refractivity contribution in [3.63, 3.8) is 0 Å². The summed E-state index contributed by atoms with van der Waals surface area (Å²) < 4.78 is 13.2. The molecular formula is C49H34N2O2S. The molecule has 10 aromatic rings. The number of hydrogen-bond donors (Lipinski definition) is 1. The van der Waals surface area contributed by atoms with Gasteiger partial charge in [0.25, 0.3) is 0 Å².